The predicted molar refractivity (Wildman–Crippen MR) is 116 cm³/mol. The van der Waals surface area contributed by atoms with Crippen LogP contribution in [0, 0.1) is 0 Å². The molecule has 0 saturated carbocycles. The van der Waals surface area contributed by atoms with Gasteiger partial charge in [0.1, 0.15) is 0 Å². The number of thiazole rings is 1. The normalized spacial score (nSPS) is 15.4. The third kappa shape index (κ3) is 4.42. The first-order valence-corrected chi connectivity index (χ1v) is 13.0. The number of nitrogens with one attached hydrogen (secondary N) is 1. The van der Waals surface area contributed by atoms with Crippen molar-refractivity contribution in [1.29, 1.82) is 0 Å². The minimum absolute atomic E-state index is 0.0974. The van der Waals surface area contributed by atoms with Crippen molar-refractivity contribution in [2.24, 2.45) is 0 Å². The van der Waals surface area contributed by atoms with E-state index >= 15 is 0 Å². The molecule has 30 heavy (non-hydrogen) atoms. The first kappa shape index (κ1) is 22.8. The first-order valence-electron chi connectivity index (χ1n) is 9.24. The van der Waals surface area contributed by atoms with E-state index in [1.165, 1.54) is 54.0 Å². The van der Waals surface area contributed by atoms with Crippen LogP contribution in [0.1, 0.15) is 34.8 Å². The topological polar surface area (TPSA) is 117 Å². The fraction of sp³-hybridized carbons (Fsp3) is 0.444. The van der Waals surface area contributed by atoms with Crippen LogP contribution in [0.15, 0.2) is 29.2 Å². The molecule has 12 heteroatoms. The van der Waals surface area contributed by atoms with Gasteiger partial charge in [0.05, 0.1) is 15.8 Å². The Labute approximate surface area is 180 Å². The number of anilines is 1. The number of carbonyl (C=O) groups is 1. The molecule has 9 nitrogen and oxygen atoms in total. The highest BCUT2D eigenvalue weighted by molar-refractivity contribution is 7.89. The molecule has 0 unspecified atom stereocenters. The largest absolute Gasteiger partial charge is 0.298 e. The van der Waals surface area contributed by atoms with Crippen molar-refractivity contribution in [1.82, 2.24) is 13.6 Å². The molecule has 1 aromatic carbocycles. The van der Waals surface area contributed by atoms with E-state index in [0.717, 1.165) is 14.9 Å². The van der Waals surface area contributed by atoms with Crippen LogP contribution in [0.2, 0.25) is 0 Å². The Hall–Kier alpha value is -1.86. The quantitative estimate of drug-likeness (QED) is 0.684. The van der Waals surface area contributed by atoms with Crippen molar-refractivity contribution in [3.8, 4) is 0 Å². The van der Waals surface area contributed by atoms with Crippen molar-refractivity contribution >= 4 is 42.4 Å². The summed E-state index contributed by atoms with van der Waals surface area (Å²) in [6, 6.07) is 5.64. The minimum Gasteiger partial charge on any atom is -0.298 e. The predicted octanol–water partition coefficient (Wildman–Crippen LogP) is 1.74. The van der Waals surface area contributed by atoms with Crippen LogP contribution in [0.4, 0.5) is 5.13 Å². The molecule has 2 heterocycles. The van der Waals surface area contributed by atoms with Gasteiger partial charge in [0, 0.05) is 44.0 Å². The summed E-state index contributed by atoms with van der Waals surface area (Å²) in [6.45, 7) is 3.92. The molecule has 1 amide bonds. The van der Waals surface area contributed by atoms with Gasteiger partial charge in [-0.2, -0.15) is 4.31 Å². The molecule has 164 valence electrons. The monoisotopic (exact) mass is 472 g/mol. The summed E-state index contributed by atoms with van der Waals surface area (Å²) in [5.74, 6) is -0.415. The molecule has 1 aliphatic rings. The van der Waals surface area contributed by atoms with Crippen LogP contribution in [0.5, 0.6) is 0 Å². The Bertz CT molecular complexity index is 1150. The maximum Gasteiger partial charge on any atom is 0.257 e. The van der Waals surface area contributed by atoms with E-state index < -0.39 is 31.2 Å². The van der Waals surface area contributed by atoms with Gasteiger partial charge in [-0.3, -0.25) is 10.1 Å². The number of hydrogen-bond acceptors (Lipinski definition) is 7. The minimum atomic E-state index is -3.57. The zero-order valence-electron chi connectivity index (χ0n) is 17.1. The third-order valence-corrected chi connectivity index (χ3v) is 9.82. The van der Waals surface area contributed by atoms with Crippen LogP contribution in [0.25, 0.3) is 0 Å². The average Bonchev–Trinajstić information content (AvgIpc) is 3.09. The summed E-state index contributed by atoms with van der Waals surface area (Å²) >= 11 is 1.25. The summed E-state index contributed by atoms with van der Waals surface area (Å²) in [5.41, 5.74) is 1.09. The fourth-order valence-electron chi connectivity index (χ4n) is 2.90. The van der Waals surface area contributed by atoms with Crippen molar-refractivity contribution in [2.75, 3.05) is 26.0 Å². The number of rotatable bonds is 6. The van der Waals surface area contributed by atoms with E-state index in [1.807, 2.05) is 0 Å². The van der Waals surface area contributed by atoms with E-state index in [1.54, 1.807) is 13.8 Å². The van der Waals surface area contributed by atoms with Gasteiger partial charge in [0.25, 0.3) is 5.91 Å². The molecule has 0 spiro atoms. The number of benzene rings is 1. The Morgan fingerprint density at radius 1 is 1.17 bits per heavy atom. The van der Waals surface area contributed by atoms with Crippen molar-refractivity contribution in [2.45, 2.75) is 37.0 Å². The van der Waals surface area contributed by atoms with Crippen LogP contribution in [0.3, 0.4) is 0 Å². The van der Waals surface area contributed by atoms with Gasteiger partial charge in [0.15, 0.2) is 5.13 Å². The maximum atomic E-state index is 12.5. The van der Waals surface area contributed by atoms with E-state index in [0.29, 0.717) is 23.7 Å². The van der Waals surface area contributed by atoms with Gasteiger partial charge in [-0.05, 0) is 38.1 Å². The van der Waals surface area contributed by atoms with Crippen molar-refractivity contribution in [3.05, 3.63) is 40.4 Å². The average molecular weight is 473 g/mol. The lowest BCUT2D eigenvalue weighted by atomic mass is 10.2. The van der Waals surface area contributed by atoms with Gasteiger partial charge in [-0.1, -0.05) is 0 Å². The second-order valence-corrected chi connectivity index (χ2v) is 13.1. The molecule has 0 atom stereocenters. The smallest absolute Gasteiger partial charge is 0.257 e. The van der Waals surface area contributed by atoms with Gasteiger partial charge in [-0.25, -0.2) is 26.1 Å². The summed E-state index contributed by atoms with van der Waals surface area (Å²) in [5, 5.41) is 2.61. The Balaban J connectivity index is 1.73. The number of aromatic nitrogens is 1. The number of nitrogens with zero attached hydrogens (tertiary/aromatic N) is 3. The van der Waals surface area contributed by atoms with Crippen molar-refractivity contribution in [3.63, 3.8) is 0 Å². The van der Waals surface area contributed by atoms with Gasteiger partial charge in [-0.15, -0.1) is 11.3 Å². The Morgan fingerprint density at radius 2 is 1.80 bits per heavy atom. The molecular weight excluding hydrogens is 448 g/mol. The van der Waals surface area contributed by atoms with Gasteiger partial charge >= 0.3 is 0 Å². The van der Waals surface area contributed by atoms with Crippen LogP contribution in [-0.2, 0) is 33.0 Å². The summed E-state index contributed by atoms with van der Waals surface area (Å²) in [6.07, 6.45) is 0.491. The number of fused-ring (bicyclic) bond motifs is 1. The second kappa shape index (κ2) is 8.35. The molecular formula is C18H24N4O5S3. The van der Waals surface area contributed by atoms with E-state index in [2.05, 4.69) is 10.3 Å². The van der Waals surface area contributed by atoms with Crippen LogP contribution < -0.4 is 5.32 Å². The van der Waals surface area contributed by atoms with Crippen molar-refractivity contribution < 1.29 is 21.6 Å². The summed E-state index contributed by atoms with van der Waals surface area (Å²) in [7, 11) is -4.04. The standard InChI is InChI=1S/C18H24N4O5S3/c1-12(2)29(24,25)22-10-9-15-16(11-22)28-18(19-15)20-17(23)13-5-7-14(8-6-13)30(26,27)21(3)4/h5-8,12H,9-11H2,1-4H3,(H,19,20,23). The SMILES string of the molecule is CC(C)S(=O)(=O)N1CCc2nc(NC(=O)c3ccc(S(=O)(=O)N(C)C)cc3)sc2C1. The lowest BCUT2D eigenvalue weighted by Gasteiger charge is -2.26. The molecule has 0 saturated heterocycles. The van der Waals surface area contributed by atoms with Gasteiger partial charge in [0.2, 0.25) is 20.0 Å². The fourth-order valence-corrected chi connectivity index (χ4v) is 6.15. The molecule has 2 aromatic rings. The second-order valence-electron chi connectivity index (χ2n) is 7.33. The number of sulfonamides is 2. The lowest BCUT2D eigenvalue weighted by Crippen LogP contribution is -2.39. The molecule has 1 aromatic heterocycles. The third-order valence-electron chi connectivity index (χ3n) is 4.77. The highest BCUT2D eigenvalue weighted by Gasteiger charge is 2.31. The highest BCUT2D eigenvalue weighted by Crippen LogP contribution is 2.30. The number of hydrogen-bond donors (Lipinski definition) is 1. The molecule has 1 N–H and O–H groups in total. The zero-order valence-corrected chi connectivity index (χ0v) is 19.6. The summed E-state index contributed by atoms with van der Waals surface area (Å²) in [4.78, 5) is 17.9. The van der Waals surface area contributed by atoms with Crippen LogP contribution in [-0.4, -0.2) is 62.2 Å². The molecule has 0 aliphatic carbocycles. The Kier molecular flexibility index (Phi) is 6.35. The molecule has 0 radical (unpaired) electrons. The zero-order chi connectivity index (χ0) is 22.3. The van der Waals surface area contributed by atoms with Crippen LogP contribution >= 0.6 is 11.3 Å². The first-order chi connectivity index (χ1) is 13.9. The molecule has 3 rings (SSSR count). The molecule has 0 bridgehead atoms. The van der Waals surface area contributed by atoms with Gasteiger partial charge < -0.3 is 0 Å². The maximum absolute atomic E-state index is 12.5. The molecule has 1 aliphatic heterocycles. The molecule has 0 fully saturated rings. The Morgan fingerprint density at radius 3 is 2.37 bits per heavy atom. The number of carbonyl (C=O) groups excluding carboxylic acids is 1. The summed E-state index contributed by atoms with van der Waals surface area (Å²) < 4.78 is 51.6. The lowest BCUT2D eigenvalue weighted by molar-refractivity contribution is 0.102. The number of amides is 1. The highest BCUT2D eigenvalue weighted by atomic mass is 32.2. The van der Waals surface area contributed by atoms with E-state index in [-0.39, 0.29) is 11.4 Å². The van der Waals surface area contributed by atoms with E-state index in [9.17, 15) is 21.6 Å². The van der Waals surface area contributed by atoms with E-state index in [4.69, 9.17) is 0 Å².